The molecule has 29 heavy (non-hydrogen) atoms. The summed E-state index contributed by atoms with van der Waals surface area (Å²) in [6.45, 7) is 8.07. The molecule has 0 bridgehead atoms. The molecule has 2 aromatic heterocycles. The molecule has 2 fully saturated rings. The van der Waals surface area contributed by atoms with Gasteiger partial charge < -0.3 is 25.1 Å². The number of aromatic nitrogens is 3. The lowest BCUT2D eigenvalue weighted by Gasteiger charge is -2.55. The van der Waals surface area contributed by atoms with Crippen molar-refractivity contribution in [2.24, 2.45) is 5.41 Å². The number of nitrogens with one attached hydrogen (secondary N) is 1. The third-order valence-corrected chi connectivity index (χ3v) is 5.93. The highest BCUT2D eigenvalue weighted by Crippen LogP contribution is 2.37. The lowest BCUT2D eigenvalue weighted by Crippen LogP contribution is -2.65. The van der Waals surface area contributed by atoms with Crippen LogP contribution in [0.2, 0.25) is 0 Å². The number of nitrogens with two attached hydrogens (primary N) is 1. The number of hydrogen-bond acceptors (Lipinski definition) is 7. The number of hydrogen-bond donors (Lipinski definition) is 2. The van der Waals surface area contributed by atoms with Gasteiger partial charge in [0, 0.05) is 24.1 Å². The van der Waals surface area contributed by atoms with Crippen LogP contribution < -0.4 is 10.5 Å². The van der Waals surface area contributed by atoms with Crippen LogP contribution in [0.1, 0.15) is 50.3 Å². The van der Waals surface area contributed by atoms with Crippen LogP contribution in [0.3, 0.4) is 0 Å². The van der Waals surface area contributed by atoms with Crippen molar-refractivity contribution in [1.29, 1.82) is 5.26 Å². The van der Waals surface area contributed by atoms with Crippen LogP contribution in [0.4, 0.5) is 5.82 Å². The van der Waals surface area contributed by atoms with Crippen LogP contribution in [0.15, 0.2) is 0 Å². The Balaban J connectivity index is 1.33. The number of aromatic amines is 1. The van der Waals surface area contributed by atoms with Gasteiger partial charge in [-0.05, 0) is 32.2 Å². The molecule has 2 aromatic rings. The van der Waals surface area contributed by atoms with E-state index >= 15 is 0 Å². The molecule has 8 nitrogen and oxygen atoms in total. The molecular formula is C21H30N6O2. The van der Waals surface area contributed by atoms with Gasteiger partial charge in [-0.1, -0.05) is 19.8 Å². The van der Waals surface area contributed by atoms with Gasteiger partial charge in [-0.15, -0.1) is 0 Å². The Bertz CT molecular complexity index is 891. The predicted molar refractivity (Wildman–Crippen MR) is 111 cm³/mol. The summed E-state index contributed by atoms with van der Waals surface area (Å²) in [5, 5.41) is 9.53. The number of fused-ring (bicyclic) bond motifs is 1. The minimum Gasteiger partial charge on any atom is -0.463 e. The zero-order valence-corrected chi connectivity index (χ0v) is 17.2. The lowest BCUT2D eigenvalue weighted by molar-refractivity contribution is -0.188. The van der Waals surface area contributed by atoms with Gasteiger partial charge in [-0.25, -0.2) is 0 Å². The molecule has 2 aliphatic heterocycles. The minimum atomic E-state index is 0.292. The molecule has 1 spiro atoms. The van der Waals surface area contributed by atoms with Crippen molar-refractivity contribution in [2.45, 2.75) is 45.4 Å². The third-order valence-electron chi connectivity index (χ3n) is 5.93. The Morgan fingerprint density at radius 2 is 2.07 bits per heavy atom. The third kappa shape index (κ3) is 4.16. The highest BCUT2D eigenvalue weighted by molar-refractivity contribution is 5.89. The quantitative estimate of drug-likeness (QED) is 0.591. The summed E-state index contributed by atoms with van der Waals surface area (Å²) in [6, 6.07) is 2.54. The summed E-state index contributed by atoms with van der Waals surface area (Å²) in [4.78, 5) is 14.4. The van der Waals surface area contributed by atoms with Gasteiger partial charge >= 0.3 is 6.01 Å². The normalized spacial score (nSPS) is 17.8. The number of nitrogen functional groups attached to an aromatic ring is 1. The van der Waals surface area contributed by atoms with E-state index in [0.717, 1.165) is 62.9 Å². The van der Waals surface area contributed by atoms with Crippen LogP contribution in [-0.4, -0.2) is 59.3 Å². The molecule has 8 heteroatoms. The van der Waals surface area contributed by atoms with Crippen LogP contribution in [0.25, 0.3) is 11.0 Å². The molecule has 0 atom stereocenters. The average Bonchev–Trinajstić information content (AvgIpc) is 3.00. The van der Waals surface area contributed by atoms with E-state index in [9.17, 15) is 5.26 Å². The van der Waals surface area contributed by atoms with Gasteiger partial charge in [0.25, 0.3) is 0 Å². The minimum absolute atomic E-state index is 0.292. The van der Waals surface area contributed by atoms with Crippen molar-refractivity contribution in [1.82, 2.24) is 19.9 Å². The predicted octanol–water partition coefficient (Wildman–Crippen LogP) is 2.64. The lowest BCUT2D eigenvalue weighted by atomic mass is 9.78. The Labute approximate surface area is 171 Å². The first-order valence-electron chi connectivity index (χ1n) is 10.7. The second-order valence-corrected chi connectivity index (χ2v) is 8.42. The first-order valence-corrected chi connectivity index (χ1v) is 10.7. The van der Waals surface area contributed by atoms with E-state index < -0.39 is 0 Å². The molecule has 0 radical (unpaired) electrons. The summed E-state index contributed by atoms with van der Waals surface area (Å²) in [5.74, 6) is 0.330. The molecular weight excluding hydrogens is 368 g/mol. The number of nitrogens with zero attached hydrogens (tertiary/aromatic N) is 4. The molecule has 2 saturated heterocycles. The molecule has 2 aliphatic rings. The van der Waals surface area contributed by atoms with Crippen LogP contribution in [-0.2, 0) is 11.2 Å². The van der Waals surface area contributed by atoms with E-state index in [1.807, 2.05) is 0 Å². The average molecular weight is 399 g/mol. The topological polar surface area (TPSA) is 113 Å². The van der Waals surface area contributed by atoms with E-state index in [1.165, 1.54) is 19.5 Å². The number of likely N-dealkylation sites (tertiary alicyclic amines) is 1. The van der Waals surface area contributed by atoms with Crippen molar-refractivity contribution in [3.05, 3.63) is 11.3 Å². The fourth-order valence-corrected chi connectivity index (χ4v) is 4.28. The Morgan fingerprint density at radius 3 is 2.76 bits per heavy atom. The molecule has 0 aliphatic carbocycles. The summed E-state index contributed by atoms with van der Waals surface area (Å²) in [7, 11) is 0. The largest absolute Gasteiger partial charge is 0.463 e. The number of aryl methyl sites for hydroxylation is 1. The van der Waals surface area contributed by atoms with Gasteiger partial charge in [-0.3, -0.25) is 0 Å². The first kappa shape index (κ1) is 19.9. The van der Waals surface area contributed by atoms with Gasteiger partial charge in [-0.2, -0.15) is 15.2 Å². The molecule has 4 heterocycles. The number of anilines is 1. The summed E-state index contributed by atoms with van der Waals surface area (Å²) < 4.78 is 11.0. The van der Waals surface area contributed by atoms with Crippen LogP contribution in [0.5, 0.6) is 6.01 Å². The molecule has 156 valence electrons. The Hall–Kier alpha value is -2.37. The molecule has 0 unspecified atom stereocenters. The van der Waals surface area contributed by atoms with E-state index in [-0.39, 0.29) is 0 Å². The fraction of sp³-hybridized carbons (Fsp3) is 0.667. The van der Waals surface area contributed by atoms with Crippen molar-refractivity contribution in [3.63, 3.8) is 0 Å². The monoisotopic (exact) mass is 398 g/mol. The molecule has 0 aromatic carbocycles. The first-order chi connectivity index (χ1) is 14.1. The van der Waals surface area contributed by atoms with E-state index in [0.29, 0.717) is 35.1 Å². The van der Waals surface area contributed by atoms with Gasteiger partial charge in [0.05, 0.1) is 19.8 Å². The van der Waals surface area contributed by atoms with Crippen LogP contribution >= 0.6 is 0 Å². The number of ether oxygens (including phenoxy) is 2. The number of unbranched alkanes of at least 4 members (excludes halogenated alkanes) is 3. The highest BCUT2D eigenvalue weighted by atomic mass is 16.5. The van der Waals surface area contributed by atoms with Crippen molar-refractivity contribution in [2.75, 3.05) is 45.2 Å². The zero-order valence-electron chi connectivity index (χ0n) is 17.2. The van der Waals surface area contributed by atoms with E-state index in [2.05, 4.69) is 32.8 Å². The Kier molecular flexibility index (Phi) is 5.88. The summed E-state index contributed by atoms with van der Waals surface area (Å²) in [6.07, 6.45) is 6.08. The second-order valence-electron chi connectivity index (χ2n) is 8.42. The molecule has 3 N–H and O–H groups in total. The van der Waals surface area contributed by atoms with Crippen molar-refractivity contribution >= 4 is 16.9 Å². The maximum Gasteiger partial charge on any atom is 0.319 e. The van der Waals surface area contributed by atoms with Crippen molar-refractivity contribution in [3.8, 4) is 12.1 Å². The molecule has 4 rings (SSSR count). The fourth-order valence-electron chi connectivity index (χ4n) is 4.28. The maximum atomic E-state index is 9.53. The van der Waals surface area contributed by atoms with E-state index in [4.69, 9.17) is 15.2 Å². The van der Waals surface area contributed by atoms with E-state index in [1.54, 1.807) is 0 Å². The van der Waals surface area contributed by atoms with Gasteiger partial charge in [0.1, 0.15) is 22.8 Å². The van der Waals surface area contributed by atoms with Gasteiger partial charge in [0.15, 0.2) is 5.82 Å². The number of H-pyrrole nitrogens is 1. The number of nitriles is 1. The number of rotatable bonds is 10. The van der Waals surface area contributed by atoms with Crippen molar-refractivity contribution < 1.29 is 9.47 Å². The smallest absolute Gasteiger partial charge is 0.319 e. The van der Waals surface area contributed by atoms with Crippen LogP contribution in [0, 0.1) is 16.7 Å². The standard InChI is InChI=1S/C21H30N6O2/c1-2-3-9-29-20-25-17-15(16(10-22)24-18(17)19(23)26-20)7-5-4-6-8-27-11-21(12-27)13-28-14-21/h24H,2-9,11-14H2,1H3,(H2,23,25,26). The summed E-state index contributed by atoms with van der Waals surface area (Å²) >= 11 is 0. The second kappa shape index (κ2) is 8.56. The summed E-state index contributed by atoms with van der Waals surface area (Å²) in [5.41, 5.74) is 9.37. The Morgan fingerprint density at radius 1 is 1.24 bits per heavy atom. The van der Waals surface area contributed by atoms with Gasteiger partial charge in [0.2, 0.25) is 0 Å². The maximum absolute atomic E-state index is 9.53. The highest BCUT2D eigenvalue weighted by Gasteiger charge is 2.48. The molecule has 0 amide bonds. The SMILES string of the molecule is CCCCOc1nc(N)c2[nH]c(C#N)c(CCCCCN3CC4(COC4)C3)c2n1. The zero-order chi connectivity index (χ0) is 20.3. The molecule has 0 saturated carbocycles.